The van der Waals surface area contributed by atoms with Crippen LogP contribution in [0.3, 0.4) is 0 Å². The molecule has 0 aromatic heterocycles. The van der Waals surface area contributed by atoms with E-state index in [9.17, 15) is 25.2 Å². The van der Waals surface area contributed by atoms with E-state index in [1.807, 2.05) is 0 Å². The Morgan fingerprint density at radius 1 is 0.414 bits per heavy atom. The van der Waals surface area contributed by atoms with Crippen LogP contribution in [-0.2, 0) is 4.79 Å². The molecule has 6 heteroatoms. The van der Waals surface area contributed by atoms with Gasteiger partial charge >= 0.3 is 0 Å². The highest BCUT2D eigenvalue weighted by Crippen LogP contribution is 2.16. The summed E-state index contributed by atoms with van der Waals surface area (Å²) < 4.78 is 0. The first-order chi connectivity index (χ1) is 28.5. The van der Waals surface area contributed by atoms with E-state index in [0.717, 1.165) is 51.4 Å². The lowest BCUT2D eigenvalue weighted by Gasteiger charge is -2.27. The van der Waals surface area contributed by atoms with Gasteiger partial charge in [-0.2, -0.15) is 0 Å². The number of amides is 1. The fourth-order valence-electron chi connectivity index (χ4n) is 7.79. The number of aliphatic hydroxyl groups is 4. The van der Waals surface area contributed by atoms with Crippen LogP contribution in [0.15, 0.2) is 36.5 Å². The third-order valence-corrected chi connectivity index (χ3v) is 11.8. The van der Waals surface area contributed by atoms with Gasteiger partial charge in [0.05, 0.1) is 18.8 Å². The summed E-state index contributed by atoms with van der Waals surface area (Å²) in [6.07, 6.45) is 56.3. The number of hydrogen-bond acceptors (Lipinski definition) is 5. The molecular formula is C52H99NO5. The lowest BCUT2D eigenvalue weighted by Crippen LogP contribution is -2.53. The molecule has 0 aliphatic carbocycles. The average Bonchev–Trinajstić information content (AvgIpc) is 3.23. The Kier molecular flexibility index (Phi) is 45.4. The highest BCUT2D eigenvalue weighted by Gasteiger charge is 2.28. The molecule has 6 nitrogen and oxygen atoms in total. The van der Waals surface area contributed by atoms with Crippen LogP contribution in [-0.4, -0.2) is 57.3 Å². The summed E-state index contributed by atoms with van der Waals surface area (Å²) in [6.45, 7) is 4.05. The van der Waals surface area contributed by atoms with E-state index in [-0.39, 0.29) is 0 Å². The number of carbonyl (C=O) groups excluding carboxylic acids is 1. The molecule has 0 rings (SSSR count). The number of rotatable bonds is 46. The van der Waals surface area contributed by atoms with Gasteiger partial charge in [0, 0.05) is 0 Å². The number of allylic oxidation sites excluding steroid dienone is 6. The normalized spacial score (nSPS) is 14.2. The molecule has 0 fully saturated rings. The Morgan fingerprint density at radius 3 is 1.09 bits per heavy atom. The number of carbonyl (C=O) groups is 1. The van der Waals surface area contributed by atoms with Crippen LogP contribution in [0.2, 0.25) is 0 Å². The van der Waals surface area contributed by atoms with E-state index >= 15 is 0 Å². The van der Waals surface area contributed by atoms with Crippen molar-refractivity contribution in [1.82, 2.24) is 5.32 Å². The van der Waals surface area contributed by atoms with Gasteiger partial charge in [0.15, 0.2) is 0 Å². The van der Waals surface area contributed by atoms with Crippen LogP contribution < -0.4 is 5.32 Å². The lowest BCUT2D eigenvalue weighted by atomic mass is 10.00. The van der Waals surface area contributed by atoms with Gasteiger partial charge in [0.1, 0.15) is 12.2 Å². The molecule has 342 valence electrons. The van der Waals surface area contributed by atoms with Gasteiger partial charge < -0.3 is 25.7 Å². The maximum Gasteiger partial charge on any atom is 0.249 e. The van der Waals surface area contributed by atoms with Crippen LogP contribution in [0.25, 0.3) is 0 Å². The summed E-state index contributed by atoms with van der Waals surface area (Å²) in [7, 11) is 0. The highest BCUT2D eigenvalue weighted by molar-refractivity contribution is 5.80. The second kappa shape index (κ2) is 46.6. The van der Waals surface area contributed by atoms with E-state index in [0.29, 0.717) is 19.3 Å². The molecule has 0 radical (unpaired) electrons. The van der Waals surface area contributed by atoms with Crippen LogP contribution in [0.4, 0.5) is 0 Å². The molecule has 58 heavy (non-hydrogen) atoms. The second-order valence-electron chi connectivity index (χ2n) is 17.5. The minimum Gasteiger partial charge on any atom is -0.394 e. The molecule has 0 saturated carbocycles. The van der Waals surface area contributed by atoms with Gasteiger partial charge in [-0.05, 0) is 64.2 Å². The molecule has 1 amide bonds. The van der Waals surface area contributed by atoms with Gasteiger partial charge in [-0.3, -0.25) is 4.79 Å². The van der Waals surface area contributed by atoms with E-state index in [4.69, 9.17) is 0 Å². The Balaban J connectivity index is 3.73. The zero-order valence-electron chi connectivity index (χ0n) is 38.5. The van der Waals surface area contributed by atoms with Crippen LogP contribution in [0, 0.1) is 0 Å². The SMILES string of the molecule is CCCCCCCCCCCCCCCCC/C=C/CC/C=C/CC/C=C/CCCC(O)C(O)C(CO)NC(=O)C(O)CCCCCCCCCCCCCCCC. The first kappa shape index (κ1) is 56.5. The number of hydrogen-bond donors (Lipinski definition) is 5. The van der Waals surface area contributed by atoms with Crippen molar-refractivity contribution in [3.05, 3.63) is 36.5 Å². The molecule has 0 aromatic rings. The molecule has 0 spiro atoms. The van der Waals surface area contributed by atoms with Crippen molar-refractivity contribution in [3.8, 4) is 0 Å². The first-order valence-electron chi connectivity index (χ1n) is 25.4. The van der Waals surface area contributed by atoms with Crippen LogP contribution >= 0.6 is 0 Å². The van der Waals surface area contributed by atoms with Gasteiger partial charge in [-0.25, -0.2) is 0 Å². The summed E-state index contributed by atoms with van der Waals surface area (Å²) >= 11 is 0. The minimum absolute atomic E-state index is 0.361. The topological polar surface area (TPSA) is 110 Å². The lowest BCUT2D eigenvalue weighted by molar-refractivity contribution is -0.132. The maximum absolute atomic E-state index is 12.5. The molecular weight excluding hydrogens is 719 g/mol. The quantitative estimate of drug-likeness (QED) is 0.0310. The maximum atomic E-state index is 12.5. The predicted octanol–water partition coefficient (Wildman–Crippen LogP) is 14.1. The summed E-state index contributed by atoms with van der Waals surface area (Å²) in [5.74, 6) is -0.598. The Hall–Kier alpha value is -1.47. The van der Waals surface area contributed by atoms with Gasteiger partial charge in [0.25, 0.3) is 0 Å². The molecule has 4 unspecified atom stereocenters. The molecule has 0 saturated heterocycles. The van der Waals surface area contributed by atoms with Crippen molar-refractivity contribution in [1.29, 1.82) is 0 Å². The van der Waals surface area contributed by atoms with Crippen molar-refractivity contribution < 1.29 is 25.2 Å². The molecule has 0 heterocycles. The highest BCUT2D eigenvalue weighted by atomic mass is 16.3. The Labute approximate surface area is 360 Å². The van der Waals surface area contributed by atoms with Crippen LogP contribution in [0.1, 0.15) is 258 Å². The predicted molar refractivity (Wildman–Crippen MR) is 251 cm³/mol. The Morgan fingerprint density at radius 2 is 0.724 bits per heavy atom. The van der Waals surface area contributed by atoms with Crippen molar-refractivity contribution in [2.75, 3.05) is 6.61 Å². The molecule has 0 bridgehead atoms. The number of unbranched alkanes of at least 4 members (excludes halogenated alkanes) is 31. The average molecular weight is 818 g/mol. The van der Waals surface area contributed by atoms with E-state index < -0.39 is 36.9 Å². The van der Waals surface area contributed by atoms with Crippen molar-refractivity contribution in [3.63, 3.8) is 0 Å². The van der Waals surface area contributed by atoms with Crippen molar-refractivity contribution in [2.24, 2.45) is 0 Å². The monoisotopic (exact) mass is 818 g/mol. The van der Waals surface area contributed by atoms with Gasteiger partial charge in [0.2, 0.25) is 5.91 Å². The van der Waals surface area contributed by atoms with E-state index in [2.05, 4.69) is 55.6 Å². The third-order valence-electron chi connectivity index (χ3n) is 11.8. The zero-order valence-corrected chi connectivity index (χ0v) is 38.5. The summed E-state index contributed by atoms with van der Waals surface area (Å²) in [4.78, 5) is 12.5. The molecule has 5 N–H and O–H groups in total. The van der Waals surface area contributed by atoms with Crippen molar-refractivity contribution in [2.45, 2.75) is 282 Å². The van der Waals surface area contributed by atoms with Gasteiger partial charge in [-0.1, -0.05) is 230 Å². The van der Waals surface area contributed by atoms with Gasteiger partial charge in [-0.15, -0.1) is 0 Å². The largest absolute Gasteiger partial charge is 0.394 e. The zero-order chi connectivity index (χ0) is 42.4. The van der Waals surface area contributed by atoms with E-state index in [1.54, 1.807) is 0 Å². The third kappa shape index (κ3) is 40.0. The first-order valence-corrected chi connectivity index (χ1v) is 25.4. The fraction of sp³-hybridized carbons (Fsp3) is 0.865. The molecule has 0 aliphatic rings. The number of nitrogens with one attached hydrogen (secondary N) is 1. The van der Waals surface area contributed by atoms with E-state index in [1.165, 1.54) is 173 Å². The summed E-state index contributed by atoms with van der Waals surface area (Å²) in [6, 6.07) is -1.01. The molecule has 0 aromatic carbocycles. The minimum atomic E-state index is -1.29. The second-order valence-corrected chi connectivity index (χ2v) is 17.5. The number of aliphatic hydroxyl groups excluding tert-OH is 4. The summed E-state index contributed by atoms with van der Waals surface area (Å²) in [5.41, 5.74) is 0. The standard InChI is InChI=1S/C52H99NO5/c1-3-5-7-9-11-13-15-17-19-20-21-22-23-24-25-26-27-28-29-30-31-32-34-35-37-39-41-43-45-49(55)51(57)48(47-54)53-52(58)50(56)46-44-42-40-38-36-33-18-16-14-12-10-8-6-4-2/h27-28,31-32,37,39,48-51,54-57H,3-26,29-30,33-36,38,40-47H2,1-2H3,(H,53,58)/b28-27+,32-31+,39-37+. The Bertz CT molecular complexity index is 919. The molecule has 0 aliphatic heterocycles. The fourth-order valence-corrected chi connectivity index (χ4v) is 7.79. The van der Waals surface area contributed by atoms with Crippen LogP contribution in [0.5, 0.6) is 0 Å². The summed E-state index contributed by atoms with van der Waals surface area (Å²) in [5, 5.41) is 43.7. The smallest absolute Gasteiger partial charge is 0.249 e. The van der Waals surface area contributed by atoms with Crippen molar-refractivity contribution >= 4 is 5.91 Å². The molecule has 4 atom stereocenters.